The lowest BCUT2D eigenvalue weighted by Gasteiger charge is -2.38. The van der Waals surface area contributed by atoms with Gasteiger partial charge >= 0.3 is 0 Å². The summed E-state index contributed by atoms with van der Waals surface area (Å²) in [5.41, 5.74) is 2.32. The van der Waals surface area contributed by atoms with Crippen LogP contribution in [0.5, 0.6) is 11.5 Å². The van der Waals surface area contributed by atoms with Gasteiger partial charge in [0.2, 0.25) is 0 Å². The molecule has 0 amide bonds. The Bertz CT molecular complexity index is 905. The summed E-state index contributed by atoms with van der Waals surface area (Å²) in [5, 5.41) is 2.32. The van der Waals surface area contributed by atoms with Gasteiger partial charge in [-0.25, -0.2) is 0 Å². The summed E-state index contributed by atoms with van der Waals surface area (Å²) >= 11 is 0. The highest BCUT2D eigenvalue weighted by Crippen LogP contribution is 2.37. The van der Waals surface area contributed by atoms with E-state index in [9.17, 15) is 0 Å². The van der Waals surface area contributed by atoms with E-state index >= 15 is 0 Å². The van der Waals surface area contributed by atoms with Crippen LogP contribution in [0.25, 0.3) is 10.8 Å². The third-order valence-corrected chi connectivity index (χ3v) is 5.00. The van der Waals surface area contributed by atoms with Crippen molar-refractivity contribution in [3.05, 3.63) is 54.9 Å². The lowest BCUT2D eigenvalue weighted by molar-refractivity contribution is 0.411. The van der Waals surface area contributed by atoms with Crippen LogP contribution in [-0.4, -0.2) is 45.4 Å². The molecule has 1 fully saturated rings. The van der Waals surface area contributed by atoms with Crippen LogP contribution >= 0.6 is 0 Å². The van der Waals surface area contributed by atoms with E-state index in [1.165, 1.54) is 5.39 Å². The number of pyridine rings is 1. The van der Waals surface area contributed by atoms with Gasteiger partial charge in [-0.2, -0.15) is 0 Å². The Morgan fingerprint density at radius 2 is 1.54 bits per heavy atom. The molecule has 1 aromatic heterocycles. The van der Waals surface area contributed by atoms with Crippen LogP contribution in [0, 0.1) is 0 Å². The van der Waals surface area contributed by atoms with Crippen LogP contribution in [0.4, 0.5) is 11.4 Å². The number of methoxy groups -OCH3 is 2. The van der Waals surface area contributed by atoms with Gasteiger partial charge in [0.15, 0.2) is 0 Å². The van der Waals surface area contributed by atoms with Crippen molar-refractivity contribution in [3.63, 3.8) is 0 Å². The molecule has 0 radical (unpaired) electrons. The molecule has 0 saturated carbocycles. The minimum atomic E-state index is 0.912. The molecule has 0 aliphatic carbocycles. The van der Waals surface area contributed by atoms with Crippen molar-refractivity contribution in [3.8, 4) is 11.5 Å². The number of fused-ring (bicyclic) bond motifs is 1. The fourth-order valence-corrected chi connectivity index (χ4v) is 3.69. The second-order valence-electron chi connectivity index (χ2n) is 6.36. The van der Waals surface area contributed by atoms with Gasteiger partial charge in [0.05, 0.1) is 25.6 Å². The van der Waals surface area contributed by atoms with Gasteiger partial charge in [0.1, 0.15) is 11.5 Å². The molecule has 5 heteroatoms. The van der Waals surface area contributed by atoms with E-state index in [4.69, 9.17) is 9.47 Å². The summed E-state index contributed by atoms with van der Waals surface area (Å²) in [6.45, 7) is 3.72. The standard InChI is InChI=1S/C21H23N3O2/c1-25-19-6-4-3-5-18(19)23-11-13-24(14-12-23)21-17-9-10-22-15-16(17)7-8-20(21)26-2/h3-10,15H,11-14H2,1-2H3. The minimum Gasteiger partial charge on any atom is -0.495 e. The summed E-state index contributed by atoms with van der Waals surface area (Å²) in [6, 6.07) is 14.4. The molecule has 2 heterocycles. The Morgan fingerprint density at radius 1 is 0.808 bits per heavy atom. The highest BCUT2D eigenvalue weighted by atomic mass is 16.5. The monoisotopic (exact) mass is 349 g/mol. The molecule has 2 aromatic carbocycles. The van der Waals surface area contributed by atoms with Crippen molar-refractivity contribution in [2.24, 2.45) is 0 Å². The molecule has 0 N–H and O–H groups in total. The molecule has 0 bridgehead atoms. The number of hydrogen-bond donors (Lipinski definition) is 0. The maximum Gasteiger partial charge on any atom is 0.142 e. The van der Waals surface area contributed by atoms with E-state index < -0.39 is 0 Å². The molecule has 134 valence electrons. The highest BCUT2D eigenvalue weighted by molar-refractivity contribution is 5.97. The molecule has 4 rings (SSSR count). The zero-order valence-electron chi connectivity index (χ0n) is 15.2. The van der Waals surface area contributed by atoms with Crippen LogP contribution in [-0.2, 0) is 0 Å². The van der Waals surface area contributed by atoms with Gasteiger partial charge in [0, 0.05) is 49.3 Å². The normalized spacial score (nSPS) is 14.5. The van der Waals surface area contributed by atoms with Crippen molar-refractivity contribution in [2.45, 2.75) is 0 Å². The number of benzene rings is 2. The van der Waals surface area contributed by atoms with Crippen molar-refractivity contribution in [1.29, 1.82) is 0 Å². The number of ether oxygens (including phenoxy) is 2. The zero-order valence-corrected chi connectivity index (χ0v) is 15.2. The van der Waals surface area contributed by atoms with Crippen molar-refractivity contribution in [2.75, 3.05) is 50.2 Å². The predicted octanol–water partition coefficient (Wildman–Crippen LogP) is 3.58. The predicted molar refractivity (Wildman–Crippen MR) is 106 cm³/mol. The molecule has 5 nitrogen and oxygen atoms in total. The Kier molecular flexibility index (Phi) is 4.52. The van der Waals surface area contributed by atoms with Gasteiger partial charge in [-0.05, 0) is 30.3 Å². The SMILES string of the molecule is COc1ccccc1N1CCN(c2c(OC)ccc3cnccc23)CC1. The van der Waals surface area contributed by atoms with Crippen molar-refractivity contribution < 1.29 is 9.47 Å². The molecule has 1 aliphatic rings. The minimum absolute atomic E-state index is 0.912. The first-order valence-corrected chi connectivity index (χ1v) is 8.85. The molecular weight excluding hydrogens is 326 g/mol. The smallest absolute Gasteiger partial charge is 0.142 e. The molecule has 0 atom stereocenters. The molecule has 1 aliphatic heterocycles. The molecule has 0 unspecified atom stereocenters. The second kappa shape index (κ2) is 7.12. The first-order valence-electron chi connectivity index (χ1n) is 8.85. The van der Waals surface area contributed by atoms with Crippen LogP contribution < -0.4 is 19.3 Å². The number of anilines is 2. The number of para-hydroxylation sites is 2. The summed E-state index contributed by atoms with van der Waals surface area (Å²) in [6.07, 6.45) is 3.75. The van der Waals surface area contributed by atoms with E-state index in [0.717, 1.165) is 54.4 Å². The Hall–Kier alpha value is -2.95. The maximum atomic E-state index is 5.66. The molecular formula is C21H23N3O2. The van der Waals surface area contributed by atoms with E-state index in [1.807, 2.05) is 30.6 Å². The van der Waals surface area contributed by atoms with Crippen LogP contribution in [0.2, 0.25) is 0 Å². The van der Waals surface area contributed by atoms with E-state index in [2.05, 4.69) is 39.0 Å². The fourth-order valence-electron chi connectivity index (χ4n) is 3.69. The van der Waals surface area contributed by atoms with Gasteiger partial charge < -0.3 is 19.3 Å². The molecule has 3 aromatic rings. The summed E-state index contributed by atoms with van der Waals surface area (Å²) in [7, 11) is 3.46. The topological polar surface area (TPSA) is 37.8 Å². The lowest BCUT2D eigenvalue weighted by Crippen LogP contribution is -2.46. The number of aromatic nitrogens is 1. The molecule has 0 spiro atoms. The Labute approximate surface area is 153 Å². The number of rotatable bonds is 4. The molecule has 26 heavy (non-hydrogen) atoms. The van der Waals surface area contributed by atoms with Crippen LogP contribution in [0.15, 0.2) is 54.9 Å². The molecule has 1 saturated heterocycles. The van der Waals surface area contributed by atoms with Gasteiger partial charge in [-0.1, -0.05) is 12.1 Å². The first kappa shape index (κ1) is 16.5. The average molecular weight is 349 g/mol. The van der Waals surface area contributed by atoms with Crippen molar-refractivity contribution in [1.82, 2.24) is 4.98 Å². The van der Waals surface area contributed by atoms with Crippen LogP contribution in [0.1, 0.15) is 0 Å². The first-order chi connectivity index (χ1) is 12.8. The third kappa shape index (κ3) is 2.90. The van der Waals surface area contributed by atoms with Crippen LogP contribution in [0.3, 0.4) is 0 Å². The summed E-state index contributed by atoms with van der Waals surface area (Å²) < 4.78 is 11.2. The third-order valence-electron chi connectivity index (χ3n) is 5.00. The Morgan fingerprint density at radius 3 is 2.31 bits per heavy atom. The summed E-state index contributed by atoms with van der Waals surface area (Å²) in [4.78, 5) is 9.04. The van der Waals surface area contributed by atoms with Gasteiger partial charge in [0.25, 0.3) is 0 Å². The average Bonchev–Trinajstić information content (AvgIpc) is 2.73. The van der Waals surface area contributed by atoms with Gasteiger partial charge in [-0.15, -0.1) is 0 Å². The number of piperazine rings is 1. The van der Waals surface area contributed by atoms with E-state index in [0.29, 0.717) is 0 Å². The largest absolute Gasteiger partial charge is 0.495 e. The zero-order chi connectivity index (χ0) is 17.9. The van der Waals surface area contributed by atoms with E-state index in [-0.39, 0.29) is 0 Å². The maximum absolute atomic E-state index is 5.66. The Balaban J connectivity index is 1.62. The number of nitrogens with zero attached hydrogens (tertiary/aromatic N) is 3. The van der Waals surface area contributed by atoms with E-state index in [1.54, 1.807) is 14.2 Å². The second-order valence-corrected chi connectivity index (χ2v) is 6.36. The number of hydrogen-bond acceptors (Lipinski definition) is 5. The lowest BCUT2D eigenvalue weighted by atomic mass is 10.1. The van der Waals surface area contributed by atoms with Gasteiger partial charge in [-0.3, -0.25) is 4.98 Å². The summed E-state index contributed by atoms with van der Waals surface area (Å²) in [5.74, 6) is 1.84. The fraction of sp³-hybridized carbons (Fsp3) is 0.286. The quantitative estimate of drug-likeness (QED) is 0.720. The highest BCUT2D eigenvalue weighted by Gasteiger charge is 2.23. The van der Waals surface area contributed by atoms with Crippen molar-refractivity contribution >= 4 is 22.1 Å².